The third-order valence-corrected chi connectivity index (χ3v) is 12.3. The topological polar surface area (TPSA) is 0 Å². The van der Waals surface area contributed by atoms with Crippen molar-refractivity contribution < 1.29 is 0 Å². The Morgan fingerprint density at radius 2 is 0.864 bits per heavy atom. The van der Waals surface area contributed by atoms with Gasteiger partial charge in [0.1, 0.15) is 0 Å². The summed E-state index contributed by atoms with van der Waals surface area (Å²) in [5.74, 6) is 0. The molecule has 0 nitrogen and oxygen atoms in total. The number of benzene rings is 3. The molecule has 1 unspecified atom stereocenters. The molecule has 0 fully saturated rings. The van der Waals surface area contributed by atoms with Gasteiger partial charge in [-0.25, -0.2) is 0 Å². The van der Waals surface area contributed by atoms with Gasteiger partial charge in [-0.15, -0.1) is 0 Å². The summed E-state index contributed by atoms with van der Waals surface area (Å²) in [6.07, 6.45) is 0. The van der Waals surface area contributed by atoms with Gasteiger partial charge in [-0.2, -0.15) is 0 Å². The van der Waals surface area contributed by atoms with Gasteiger partial charge in [0.2, 0.25) is 0 Å². The summed E-state index contributed by atoms with van der Waals surface area (Å²) in [7, 11) is -2.00. The maximum atomic E-state index is 2.38. The molecule has 0 amide bonds. The summed E-state index contributed by atoms with van der Waals surface area (Å²) >= 11 is 2.29. The van der Waals surface area contributed by atoms with Gasteiger partial charge in [0.05, 0.1) is 0 Å². The van der Waals surface area contributed by atoms with Crippen LogP contribution in [0.4, 0.5) is 0 Å². The summed E-state index contributed by atoms with van der Waals surface area (Å²) in [5.41, 5.74) is 0. The third kappa shape index (κ3) is 2.68. The fourth-order valence-corrected chi connectivity index (χ4v) is 11.4. The van der Waals surface area contributed by atoms with Crippen LogP contribution in [-0.4, -0.2) is 30.4 Å². The Balaban J connectivity index is 2.34. The molecular formula is C20H19SiTe. The van der Waals surface area contributed by atoms with Crippen molar-refractivity contribution in [2.75, 3.05) is 0 Å². The quantitative estimate of drug-likeness (QED) is 0.455. The second kappa shape index (κ2) is 6.83. The van der Waals surface area contributed by atoms with Crippen molar-refractivity contribution in [1.82, 2.24) is 0 Å². The van der Waals surface area contributed by atoms with Crippen molar-refractivity contribution in [2.45, 2.75) is 10.5 Å². The maximum absolute atomic E-state index is 2.38. The SMILES string of the molecule is CC([Te])[Si](c1ccccc1)(c1ccccc1)c1ccccc1. The van der Waals surface area contributed by atoms with E-state index >= 15 is 0 Å². The van der Waals surface area contributed by atoms with Gasteiger partial charge >= 0.3 is 147 Å². The molecule has 0 aliphatic heterocycles. The molecule has 0 heterocycles. The summed E-state index contributed by atoms with van der Waals surface area (Å²) in [6.45, 7) is 2.38. The first-order valence-corrected chi connectivity index (χ1v) is 11.0. The van der Waals surface area contributed by atoms with Crippen LogP contribution < -0.4 is 15.6 Å². The monoisotopic (exact) mass is 417 g/mol. The van der Waals surface area contributed by atoms with Crippen molar-refractivity contribution in [3.05, 3.63) is 91.0 Å². The zero-order valence-electron chi connectivity index (χ0n) is 12.6. The Kier molecular flexibility index (Phi) is 4.83. The summed E-state index contributed by atoms with van der Waals surface area (Å²) in [4.78, 5) is 0. The molecule has 0 aromatic heterocycles. The average Bonchev–Trinajstić information content (AvgIpc) is 2.58. The van der Waals surface area contributed by atoms with Crippen LogP contribution in [0.25, 0.3) is 0 Å². The molecule has 1 radical (unpaired) electrons. The van der Waals surface area contributed by atoms with E-state index in [0.717, 1.165) is 0 Å². The Morgan fingerprint density at radius 1 is 0.591 bits per heavy atom. The molecule has 3 aromatic rings. The number of hydrogen-bond acceptors (Lipinski definition) is 0. The van der Waals surface area contributed by atoms with Crippen molar-refractivity contribution in [3.63, 3.8) is 0 Å². The van der Waals surface area contributed by atoms with E-state index in [0.29, 0.717) is 3.59 Å². The van der Waals surface area contributed by atoms with E-state index in [-0.39, 0.29) is 0 Å². The molecule has 0 N–H and O–H groups in total. The van der Waals surface area contributed by atoms with Crippen LogP contribution in [0.2, 0.25) is 3.59 Å². The molecule has 0 bridgehead atoms. The van der Waals surface area contributed by atoms with E-state index in [1.165, 1.54) is 15.6 Å². The Hall–Kier alpha value is -1.33. The molecule has 3 aromatic carbocycles. The molecule has 0 aliphatic carbocycles. The van der Waals surface area contributed by atoms with E-state index < -0.39 is 8.07 Å². The predicted molar refractivity (Wildman–Crippen MR) is 99.2 cm³/mol. The van der Waals surface area contributed by atoms with Crippen LogP contribution in [0, 0.1) is 0 Å². The second-order valence-corrected chi connectivity index (χ2v) is 13.1. The summed E-state index contributed by atoms with van der Waals surface area (Å²) in [6, 6.07) is 33.3. The molecule has 3 rings (SSSR count). The second-order valence-electron chi connectivity index (χ2n) is 5.55. The van der Waals surface area contributed by atoms with Gasteiger partial charge in [-0.05, 0) is 0 Å². The zero-order valence-corrected chi connectivity index (χ0v) is 16.0. The van der Waals surface area contributed by atoms with E-state index in [1.54, 1.807) is 0 Å². The molecule has 1 atom stereocenters. The van der Waals surface area contributed by atoms with Crippen molar-refractivity contribution in [1.29, 1.82) is 0 Å². The predicted octanol–water partition coefficient (Wildman–Crippen LogP) is 2.67. The summed E-state index contributed by atoms with van der Waals surface area (Å²) in [5, 5.41) is 4.47. The minimum absolute atomic E-state index is 0.593. The van der Waals surface area contributed by atoms with Crippen LogP contribution in [0.15, 0.2) is 91.0 Å². The fourth-order valence-electron chi connectivity index (χ4n) is 3.31. The Morgan fingerprint density at radius 3 is 1.09 bits per heavy atom. The number of hydrogen-bond donors (Lipinski definition) is 0. The van der Waals surface area contributed by atoms with Gasteiger partial charge in [0.25, 0.3) is 0 Å². The normalized spacial score (nSPS) is 12.8. The first-order valence-electron chi connectivity index (χ1n) is 7.58. The Bertz CT molecular complexity index is 612. The van der Waals surface area contributed by atoms with Crippen molar-refractivity contribution >= 4 is 45.9 Å². The Labute approximate surface area is 147 Å². The first-order chi connectivity index (χ1) is 10.8. The third-order valence-electron chi connectivity index (χ3n) is 4.30. The van der Waals surface area contributed by atoms with Crippen LogP contribution >= 0.6 is 0 Å². The van der Waals surface area contributed by atoms with Crippen molar-refractivity contribution in [3.8, 4) is 0 Å². The van der Waals surface area contributed by atoms with Crippen LogP contribution in [0.1, 0.15) is 6.92 Å². The zero-order chi connectivity index (χ0) is 15.4. The molecule has 109 valence electrons. The molecule has 0 aliphatic rings. The summed E-state index contributed by atoms with van der Waals surface area (Å²) < 4.78 is 0.593. The van der Waals surface area contributed by atoms with Crippen molar-refractivity contribution in [2.24, 2.45) is 0 Å². The molecular weight excluding hydrogens is 396 g/mol. The van der Waals surface area contributed by atoms with E-state index in [4.69, 9.17) is 0 Å². The number of rotatable bonds is 4. The van der Waals surface area contributed by atoms with Gasteiger partial charge < -0.3 is 0 Å². The molecule has 0 saturated heterocycles. The standard InChI is InChI=1S/C20H19SiTe/c1-17(22)21(18-11-5-2-6-12-18,19-13-7-3-8-14-19)20-15-9-4-10-16-20/h2-17H,1H3. The van der Waals surface area contributed by atoms with Crippen LogP contribution in [0.3, 0.4) is 0 Å². The molecule has 2 heteroatoms. The molecule has 22 heavy (non-hydrogen) atoms. The van der Waals surface area contributed by atoms with E-state index in [9.17, 15) is 0 Å². The van der Waals surface area contributed by atoms with Gasteiger partial charge in [-0.1, -0.05) is 0 Å². The van der Waals surface area contributed by atoms with E-state index in [2.05, 4.69) is 120 Å². The molecule has 0 spiro atoms. The fraction of sp³-hybridized carbons (Fsp3) is 0.100. The van der Waals surface area contributed by atoms with Gasteiger partial charge in [-0.3, -0.25) is 0 Å². The van der Waals surface area contributed by atoms with Crippen LogP contribution in [0.5, 0.6) is 0 Å². The first kappa shape index (κ1) is 15.6. The van der Waals surface area contributed by atoms with E-state index in [1.807, 2.05) is 0 Å². The average molecular weight is 415 g/mol. The molecule has 0 saturated carbocycles. The van der Waals surface area contributed by atoms with Gasteiger partial charge in [0.15, 0.2) is 0 Å². The minimum atomic E-state index is -2.00. The van der Waals surface area contributed by atoms with Crippen LogP contribution in [-0.2, 0) is 0 Å². The van der Waals surface area contributed by atoms with Gasteiger partial charge in [0, 0.05) is 0 Å².